The molecule has 4 heteroatoms. The summed E-state index contributed by atoms with van der Waals surface area (Å²) >= 11 is 0. The fourth-order valence-electron chi connectivity index (χ4n) is 2.06. The Kier molecular flexibility index (Phi) is 5.05. The van der Waals surface area contributed by atoms with E-state index in [0.717, 1.165) is 13.0 Å². The van der Waals surface area contributed by atoms with E-state index >= 15 is 0 Å². The minimum Gasteiger partial charge on any atom is -0.384 e. The molecular formula is C11H22N2O2. The van der Waals surface area contributed by atoms with Crippen molar-refractivity contribution in [2.45, 2.75) is 38.8 Å². The van der Waals surface area contributed by atoms with Gasteiger partial charge < -0.3 is 15.4 Å². The van der Waals surface area contributed by atoms with Crippen molar-refractivity contribution in [1.82, 2.24) is 10.6 Å². The normalized spacial score (nSPS) is 31.3. The van der Waals surface area contributed by atoms with Gasteiger partial charge in [0.25, 0.3) is 0 Å². The zero-order chi connectivity index (χ0) is 11.3. The average Bonchev–Trinajstić information content (AvgIpc) is 2.21. The van der Waals surface area contributed by atoms with Crippen LogP contribution >= 0.6 is 0 Å². The monoisotopic (exact) mass is 214 g/mol. The molecule has 4 nitrogen and oxygen atoms in total. The predicted octanol–water partition coefficient (Wildman–Crippen LogP) is 0.526. The Morgan fingerprint density at radius 2 is 2.27 bits per heavy atom. The Morgan fingerprint density at radius 3 is 2.87 bits per heavy atom. The van der Waals surface area contributed by atoms with Gasteiger partial charge in [0.05, 0.1) is 6.61 Å². The van der Waals surface area contributed by atoms with Gasteiger partial charge in [-0.2, -0.15) is 0 Å². The first-order valence-electron chi connectivity index (χ1n) is 5.67. The minimum atomic E-state index is 0.0873. The maximum atomic E-state index is 11.5. The number of rotatable bonds is 4. The summed E-state index contributed by atoms with van der Waals surface area (Å²) in [6.45, 7) is 5.86. The Morgan fingerprint density at radius 1 is 1.53 bits per heavy atom. The number of methoxy groups -OCH3 is 1. The topological polar surface area (TPSA) is 50.4 Å². The van der Waals surface area contributed by atoms with E-state index in [1.54, 1.807) is 7.11 Å². The van der Waals surface area contributed by atoms with E-state index in [1.165, 1.54) is 0 Å². The molecule has 0 aromatic heterocycles. The molecule has 1 fully saturated rings. The lowest BCUT2D eigenvalue weighted by Gasteiger charge is -2.36. The van der Waals surface area contributed by atoms with Gasteiger partial charge in [-0.3, -0.25) is 4.79 Å². The third kappa shape index (κ3) is 3.80. The SMILES string of the molecule is COCCC(=O)NC1C(C)CCNC1C. The molecule has 1 saturated heterocycles. The summed E-state index contributed by atoms with van der Waals surface area (Å²) in [6.07, 6.45) is 1.58. The van der Waals surface area contributed by atoms with E-state index in [9.17, 15) is 4.79 Å². The largest absolute Gasteiger partial charge is 0.384 e. The Bertz CT molecular complexity index is 199. The number of hydrogen-bond donors (Lipinski definition) is 2. The van der Waals surface area contributed by atoms with Crippen LogP contribution in [0, 0.1) is 5.92 Å². The van der Waals surface area contributed by atoms with Crippen molar-refractivity contribution in [3.05, 3.63) is 0 Å². The van der Waals surface area contributed by atoms with Crippen molar-refractivity contribution >= 4 is 5.91 Å². The van der Waals surface area contributed by atoms with Crippen LogP contribution in [0.2, 0.25) is 0 Å². The third-order valence-electron chi connectivity index (χ3n) is 3.08. The molecule has 0 aromatic carbocycles. The lowest BCUT2D eigenvalue weighted by atomic mass is 9.89. The number of hydrogen-bond acceptors (Lipinski definition) is 3. The van der Waals surface area contributed by atoms with Gasteiger partial charge in [0.2, 0.25) is 5.91 Å². The molecule has 1 amide bonds. The molecule has 0 spiro atoms. The lowest BCUT2D eigenvalue weighted by molar-refractivity contribution is -0.123. The maximum Gasteiger partial charge on any atom is 0.222 e. The van der Waals surface area contributed by atoms with E-state index < -0.39 is 0 Å². The zero-order valence-electron chi connectivity index (χ0n) is 9.88. The van der Waals surface area contributed by atoms with Crippen molar-refractivity contribution in [3.8, 4) is 0 Å². The van der Waals surface area contributed by atoms with Gasteiger partial charge in [-0.1, -0.05) is 6.92 Å². The molecule has 3 atom stereocenters. The highest BCUT2D eigenvalue weighted by molar-refractivity contribution is 5.76. The highest BCUT2D eigenvalue weighted by Gasteiger charge is 2.28. The Labute approximate surface area is 91.8 Å². The molecule has 0 radical (unpaired) electrons. The highest BCUT2D eigenvalue weighted by atomic mass is 16.5. The van der Waals surface area contributed by atoms with Gasteiger partial charge >= 0.3 is 0 Å². The minimum absolute atomic E-state index is 0.0873. The Hall–Kier alpha value is -0.610. The standard InChI is InChI=1S/C11H22N2O2/c1-8-4-6-12-9(2)11(8)13-10(14)5-7-15-3/h8-9,11-12H,4-7H2,1-3H3,(H,13,14). The second-order valence-electron chi connectivity index (χ2n) is 4.34. The third-order valence-corrected chi connectivity index (χ3v) is 3.08. The van der Waals surface area contributed by atoms with E-state index in [4.69, 9.17) is 4.74 Å². The molecule has 0 aromatic rings. The molecular weight excluding hydrogens is 192 g/mol. The second kappa shape index (κ2) is 6.08. The molecule has 15 heavy (non-hydrogen) atoms. The van der Waals surface area contributed by atoms with Gasteiger partial charge in [0.1, 0.15) is 0 Å². The first-order chi connectivity index (χ1) is 7.15. The van der Waals surface area contributed by atoms with E-state index in [0.29, 0.717) is 25.0 Å². The number of carbonyl (C=O) groups is 1. The summed E-state index contributed by atoms with van der Waals surface area (Å²) in [5.74, 6) is 0.636. The predicted molar refractivity (Wildman–Crippen MR) is 59.7 cm³/mol. The van der Waals surface area contributed by atoms with Gasteiger partial charge in [-0.05, 0) is 25.8 Å². The van der Waals surface area contributed by atoms with Crippen molar-refractivity contribution in [2.24, 2.45) is 5.92 Å². The highest BCUT2D eigenvalue weighted by Crippen LogP contribution is 2.16. The molecule has 0 bridgehead atoms. The summed E-state index contributed by atoms with van der Waals surface area (Å²) in [7, 11) is 1.61. The summed E-state index contributed by atoms with van der Waals surface area (Å²) in [6, 6.07) is 0.614. The zero-order valence-corrected chi connectivity index (χ0v) is 9.88. The lowest BCUT2D eigenvalue weighted by Crippen LogP contribution is -2.56. The van der Waals surface area contributed by atoms with Crippen LogP contribution in [0.5, 0.6) is 0 Å². The van der Waals surface area contributed by atoms with Gasteiger partial charge in [0.15, 0.2) is 0 Å². The first kappa shape index (κ1) is 12.5. The molecule has 1 aliphatic rings. The summed E-state index contributed by atoms with van der Waals surface area (Å²) in [4.78, 5) is 11.5. The van der Waals surface area contributed by atoms with Crippen molar-refractivity contribution < 1.29 is 9.53 Å². The average molecular weight is 214 g/mol. The van der Waals surface area contributed by atoms with Crippen LogP contribution in [0.3, 0.4) is 0 Å². The first-order valence-corrected chi connectivity index (χ1v) is 5.67. The van der Waals surface area contributed by atoms with Crippen LogP contribution in [-0.2, 0) is 9.53 Å². The Balaban J connectivity index is 2.37. The van der Waals surface area contributed by atoms with Crippen LogP contribution in [0.15, 0.2) is 0 Å². The number of amides is 1. The molecule has 0 aliphatic carbocycles. The number of piperidine rings is 1. The van der Waals surface area contributed by atoms with E-state index in [2.05, 4.69) is 24.5 Å². The number of ether oxygens (including phenoxy) is 1. The molecule has 3 unspecified atom stereocenters. The van der Waals surface area contributed by atoms with Crippen LogP contribution in [0.25, 0.3) is 0 Å². The van der Waals surface area contributed by atoms with Crippen molar-refractivity contribution in [2.75, 3.05) is 20.3 Å². The summed E-state index contributed by atoms with van der Waals surface area (Å²) in [5.41, 5.74) is 0. The quantitative estimate of drug-likeness (QED) is 0.717. The molecule has 1 aliphatic heterocycles. The molecule has 1 rings (SSSR count). The van der Waals surface area contributed by atoms with Crippen molar-refractivity contribution in [3.63, 3.8) is 0 Å². The molecule has 2 N–H and O–H groups in total. The second-order valence-corrected chi connectivity index (χ2v) is 4.34. The smallest absolute Gasteiger partial charge is 0.222 e. The summed E-state index contributed by atoms with van der Waals surface area (Å²) in [5, 5.41) is 6.45. The van der Waals surface area contributed by atoms with Gasteiger partial charge in [0, 0.05) is 25.6 Å². The van der Waals surface area contributed by atoms with Crippen molar-refractivity contribution in [1.29, 1.82) is 0 Å². The van der Waals surface area contributed by atoms with Gasteiger partial charge in [-0.15, -0.1) is 0 Å². The molecule has 0 saturated carbocycles. The van der Waals surface area contributed by atoms with Crippen LogP contribution in [-0.4, -0.2) is 38.3 Å². The van der Waals surface area contributed by atoms with Gasteiger partial charge in [-0.25, -0.2) is 0 Å². The van der Waals surface area contributed by atoms with Crippen LogP contribution in [0.4, 0.5) is 0 Å². The van der Waals surface area contributed by atoms with E-state index in [1.807, 2.05) is 0 Å². The number of carbonyl (C=O) groups excluding carboxylic acids is 1. The maximum absolute atomic E-state index is 11.5. The fraction of sp³-hybridized carbons (Fsp3) is 0.909. The molecule has 88 valence electrons. The molecule has 1 heterocycles. The van der Waals surface area contributed by atoms with E-state index in [-0.39, 0.29) is 11.9 Å². The summed E-state index contributed by atoms with van der Waals surface area (Å²) < 4.78 is 4.88. The van der Waals surface area contributed by atoms with Crippen LogP contribution in [0.1, 0.15) is 26.7 Å². The number of nitrogens with one attached hydrogen (secondary N) is 2. The fourth-order valence-corrected chi connectivity index (χ4v) is 2.06. The van der Waals surface area contributed by atoms with Crippen LogP contribution < -0.4 is 10.6 Å².